The van der Waals surface area contributed by atoms with Gasteiger partial charge in [-0.25, -0.2) is 13.5 Å². The van der Waals surface area contributed by atoms with Crippen molar-refractivity contribution in [2.75, 3.05) is 5.32 Å². The minimum atomic E-state index is -0.786. The van der Waals surface area contributed by atoms with E-state index >= 15 is 0 Å². The smallest absolute Gasteiger partial charge is 0.257 e. The first-order valence-corrected chi connectivity index (χ1v) is 6.32. The van der Waals surface area contributed by atoms with E-state index in [-0.39, 0.29) is 11.6 Å². The molecule has 0 radical (unpaired) electrons. The SMILES string of the molecule is CCC(C)n1nccc1NC(=O)c1cc(F)cc(F)c1. The molecule has 106 valence electrons. The van der Waals surface area contributed by atoms with E-state index in [4.69, 9.17) is 0 Å². The van der Waals surface area contributed by atoms with Crippen molar-refractivity contribution in [1.82, 2.24) is 9.78 Å². The fraction of sp³-hybridized carbons (Fsp3) is 0.286. The van der Waals surface area contributed by atoms with Gasteiger partial charge in [0.15, 0.2) is 0 Å². The van der Waals surface area contributed by atoms with Crippen molar-refractivity contribution in [3.05, 3.63) is 47.7 Å². The van der Waals surface area contributed by atoms with Crippen molar-refractivity contribution in [3.63, 3.8) is 0 Å². The Labute approximate surface area is 115 Å². The first-order chi connectivity index (χ1) is 9.51. The van der Waals surface area contributed by atoms with Crippen molar-refractivity contribution >= 4 is 11.7 Å². The molecule has 0 saturated carbocycles. The van der Waals surface area contributed by atoms with Gasteiger partial charge in [0.1, 0.15) is 17.5 Å². The van der Waals surface area contributed by atoms with Crippen LogP contribution in [0.1, 0.15) is 36.7 Å². The van der Waals surface area contributed by atoms with E-state index in [9.17, 15) is 13.6 Å². The molecule has 6 heteroatoms. The van der Waals surface area contributed by atoms with Gasteiger partial charge in [0.05, 0.1) is 12.2 Å². The molecule has 1 heterocycles. The summed E-state index contributed by atoms with van der Waals surface area (Å²) in [6.07, 6.45) is 2.41. The Balaban J connectivity index is 2.22. The fourth-order valence-corrected chi connectivity index (χ4v) is 1.81. The molecule has 1 unspecified atom stereocenters. The number of rotatable bonds is 4. The number of nitrogens with one attached hydrogen (secondary N) is 1. The highest BCUT2D eigenvalue weighted by atomic mass is 19.1. The molecule has 0 aliphatic heterocycles. The van der Waals surface area contributed by atoms with Crippen LogP contribution in [0.4, 0.5) is 14.6 Å². The van der Waals surface area contributed by atoms with Gasteiger partial charge in [0.25, 0.3) is 5.91 Å². The minimum absolute atomic E-state index is 0.0700. The van der Waals surface area contributed by atoms with Crippen molar-refractivity contribution in [3.8, 4) is 0 Å². The number of aromatic nitrogens is 2. The van der Waals surface area contributed by atoms with Crippen molar-refractivity contribution in [2.24, 2.45) is 0 Å². The maximum Gasteiger partial charge on any atom is 0.257 e. The van der Waals surface area contributed by atoms with E-state index < -0.39 is 17.5 Å². The molecule has 2 aromatic rings. The summed E-state index contributed by atoms with van der Waals surface area (Å²) in [4.78, 5) is 12.0. The summed E-state index contributed by atoms with van der Waals surface area (Å²) in [5.41, 5.74) is -0.0700. The van der Waals surface area contributed by atoms with Crippen LogP contribution in [0.5, 0.6) is 0 Å². The normalized spacial score (nSPS) is 12.2. The molecule has 1 aromatic carbocycles. The van der Waals surface area contributed by atoms with Gasteiger partial charge in [-0.3, -0.25) is 4.79 Å². The molecule has 2 rings (SSSR count). The second-order valence-electron chi connectivity index (χ2n) is 4.53. The Hall–Kier alpha value is -2.24. The van der Waals surface area contributed by atoms with Crippen LogP contribution in [0, 0.1) is 11.6 Å². The molecule has 0 saturated heterocycles. The third-order valence-electron chi connectivity index (χ3n) is 3.04. The summed E-state index contributed by atoms with van der Waals surface area (Å²) < 4.78 is 27.8. The molecule has 1 aromatic heterocycles. The Morgan fingerprint density at radius 2 is 2.00 bits per heavy atom. The maximum absolute atomic E-state index is 13.1. The zero-order valence-electron chi connectivity index (χ0n) is 11.2. The lowest BCUT2D eigenvalue weighted by Gasteiger charge is -2.14. The van der Waals surface area contributed by atoms with E-state index in [2.05, 4.69) is 10.4 Å². The lowest BCUT2D eigenvalue weighted by Crippen LogP contribution is -2.17. The first kappa shape index (κ1) is 14.2. The van der Waals surface area contributed by atoms with E-state index in [1.165, 1.54) is 0 Å². The van der Waals surface area contributed by atoms with Crippen LogP contribution in [-0.4, -0.2) is 15.7 Å². The van der Waals surface area contributed by atoms with E-state index in [0.29, 0.717) is 5.82 Å². The fourth-order valence-electron chi connectivity index (χ4n) is 1.81. The van der Waals surface area contributed by atoms with Crippen molar-refractivity contribution < 1.29 is 13.6 Å². The number of carbonyl (C=O) groups excluding carboxylic acids is 1. The zero-order valence-corrected chi connectivity index (χ0v) is 11.2. The Kier molecular flexibility index (Phi) is 4.12. The van der Waals surface area contributed by atoms with Gasteiger partial charge in [0.2, 0.25) is 0 Å². The molecule has 0 fully saturated rings. The number of anilines is 1. The monoisotopic (exact) mass is 279 g/mol. The molecule has 1 N–H and O–H groups in total. The highest BCUT2D eigenvalue weighted by Gasteiger charge is 2.14. The van der Waals surface area contributed by atoms with Gasteiger partial charge in [0, 0.05) is 17.7 Å². The van der Waals surface area contributed by atoms with Gasteiger partial charge < -0.3 is 5.32 Å². The number of hydrogen-bond acceptors (Lipinski definition) is 2. The molecule has 0 aliphatic rings. The number of hydrogen-bond donors (Lipinski definition) is 1. The van der Waals surface area contributed by atoms with E-state index in [0.717, 1.165) is 24.6 Å². The van der Waals surface area contributed by atoms with E-state index in [1.807, 2.05) is 13.8 Å². The second kappa shape index (κ2) is 5.81. The predicted octanol–water partition coefficient (Wildman–Crippen LogP) is 3.38. The topological polar surface area (TPSA) is 46.9 Å². The summed E-state index contributed by atoms with van der Waals surface area (Å²) in [5.74, 6) is -1.65. The van der Waals surface area contributed by atoms with Gasteiger partial charge in [-0.15, -0.1) is 0 Å². The van der Waals surface area contributed by atoms with E-state index in [1.54, 1.807) is 16.9 Å². The summed E-state index contributed by atoms with van der Waals surface area (Å²) >= 11 is 0. The van der Waals surface area contributed by atoms with Crippen molar-refractivity contribution in [1.29, 1.82) is 0 Å². The van der Waals surface area contributed by atoms with Crippen LogP contribution in [0.15, 0.2) is 30.5 Å². The lowest BCUT2D eigenvalue weighted by atomic mass is 10.2. The molecule has 0 spiro atoms. The molecule has 0 bridgehead atoms. The quantitative estimate of drug-likeness (QED) is 0.932. The number of carbonyl (C=O) groups is 1. The van der Waals surface area contributed by atoms with Gasteiger partial charge in [-0.1, -0.05) is 6.92 Å². The molecule has 1 atom stereocenters. The average Bonchev–Trinajstić information content (AvgIpc) is 2.84. The average molecular weight is 279 g/mol. The van der Waals surface area contributed by atoms with Gasteiger partial charge in [-0.2, -0.15) is 5.10 Å². The number of benzene rings is 1. The highest BCUT2D eigenvalue weighted by molar-refractivity contribution is 6.03. The maximum atomic E-state index is 13.1. The van der Waals surface area contributed by atoms with Gasteiger partial charge in [-0.05, 0) is 25.5 Å². The van der Waals surface area contributed by atoms with Crippen LogP contribution >= 0.6 is 0 Å². The predicted molar refractivity (Wildman–Crippen MR) is 71.5 cm³/mol. The Morgan fingerprint density at radius 3 is 2.60 bits per heavy atom. The first-order valence-electron chi connectivity index (χ1n) is 6.32. The summed E-state index contributed by atoms with van der Waals surface area (Å²) in [6, 6.07) is 4.45. The molecule has 4 nitrogen and oxygen atoms in total. The number of nitrogens with zero attached hydrogens (tertiary/aromatic N) is 2. The third-order valence-corrected chi connectivity index (χ3v) is 3.04. The molecular weight excluding hydrogens is 264 g/mol. The summed E-state index contributed by atoms with van der Waals surface area (Å²) in [6.45, 7) is 3.96. The minimum Gasteiger partial charge on any atom is -0.307 e. The third kappa shape index (κ3) is 3.01. The number of halogens is 2. The zero-order chi connectivity index (χ0) is 14.7. The standard InChI is InChI=1S/C14H15F2N3O/c1-3-9(2)19-13(4-5-17-19)18-14(20)10-6-11(15)8-12(16)7-10/h4-9H,3H2,1-2H3,(H,18,20). The summed E-state index contributed by atoms with van der Waals surface area (Å²) in [7, 11) is 0. The largest absolute Gasteiger partial charge is 0.307 e. The van der Waals surface area contributed by atoms with Crippen LogP contribution in [-0.2, 0) is 0 Å². The van der Waals surface area contributed by atoms with Crippen LogP contribution < -0.4 is 5.32 Å². The number of amides is 1. The molecule has 0 aliphatic carbocycles. The molecular formula is C14H15F2N3O. The summed E-state index contributed by atoms with van der Waals surface area (Å²) in [5, 5.41) is 6.73. The Bertz CT molecular complexity index is 604. The molecule has 20 heavy (non-hydrogen) atoms. The lowest BCUT2D eigenvalue weighted by molar-refractivity contribution is 0.102. The highest BCUT2D eigenvalue weighted by Crippen LogP contribution is 2.17. The molecule has 1 amide bonds. The second-order valence-corrected chi connectivity index (χ2v) is 4.53. The van der Waals surface area contributed by atoms with Crippen molar-refractivity contribution in [2.45, 2.75) is 26.3 Å². The van der Waals surface area contributed by atoms with Crippen LogP contribution in [0.25, 0.3) is 0 Å². The van der Waals surface area contributed by atoms with Crippen LogP contribution in [0.2, 0.25) is 0 Å². The van der Waals surface area contributed by atoms with Gasteiger partial charge >= 0.3 is 0 Å². The van der Waals surface area contributed by atoms with Crippen LogP contribution in [0.3, 0.4) is 0 Å². The Morgan fingerprint density at radius 1 is 1.35 bits per heavy atom.